The topological polar surface area (TPSA) is 70.2 Å². The highest BCUT2D eigenvalue weighted by atomic mass is 16.2. The maximum atomic E-state index is 12.2. The zero-order valence-electron chi connectivity index (χ0n) is 11.9. The number of anilines is 1. The molecule has 1 aromatic rings. The molecule has 0 aliphatic carbocycles. The number of fused-ring (bicyclic) bond motifs is 1. The van der Waals surface area contributed by atoms with Crippen molar-refractivity contribution >= 4 is 17.5 Å². The van der Waals surface area contributed by atoms with E-state index in [1.54, 1.807) is 6.07 Å². The SMILES string of the molecule is O=C1CCc2cc(C(=O)NCC3=CCNCC3)ccc2N1. The zero-order chi connectivity index (χ0) is 14.7. The Balaban J connectivity index is 1.65. The number of benzene rings is 1. The van der Waals surface area contributed by atoms with Crippen LogP contribution in [0, 0.1) is 0 Å². The highest BCUT2D eigenvalue weighted by Gasteiger charge is 2.16. The van der Waals surface area contributed by atoms with Gasteiger partial charge in [0.25, 0.3) is 5.91 Å². The van der Waals surface area contributed by atoms with Crippen LogP contribution in [0.15, 0.2) is 29.8 Å². The van der Waals surface area contributed by atoms with E-state index >= 15 is 0 Å². The van der Waals surface area contributed by atoms with Gasteiger partial charge in [-0.3, -0.25) is 9.59 Å². The van der Waals surface area contributed by atoms with Crippen LogP contribution in [0.1, 0.15) is 28.8 Å². The van der Waals surface area contributed by atoms with Crippen molar-refractivity contribution in [1.29, 1.82) is 0 Å². The van der Waals surface area contributed by atoms with Crippen molar-refractivity contribution in [1.82, 2.24) is 10.6 Å². The van der Waals surface area contributed by atoms with E-state index in [4.69, 9.17) is 0 Å². The first-order chi connectivity index (χ1) is 10.2. The highest BCUT2D eigenvalue weighted by molar-refractivity contribution is 5.98. The van der Waals surface area contributed by atoms with Gasteiger partial charge in [-0.25, -0.2) is 0 Å². The minimum absolute atomic E-state index is 0.0394. The van der Waals surface area contributed by atoms with Crippen LogP contribution in [-0.4, -0.2) is 31.4 Å². The van der Waals surface area contributed by atoms with E-state index in [9.17, 15) is 9.59 Å². The Morgan fingerprint density at radius 2 is 2.14 bits per heavy atom. The van der Waals surface area contributed by atoms with Crippen molar-refractivity contribution in [2.75, 3.05) is 25.0 Å². The Kier molecular flexibility index (Phi) is 4.01. The molecule has 0 saturated carbocycles. The summed E-state index contributed by atoms with van der Waals surface area (Å²) in [4.78, 5) is 23.5. The van der Waals surface area contributed by atoms with Crippen molar-refractivity contribution in [2.24, 2.45) is 0 Å². The summed E-state index contributed by atoms with van der Waals surface area (Å²) in [6.45, 7) is 2.46. The van der Waals surface area contributed by atoms with Gasteiger partial charge in [0.15, 0.2) is 0 Å². The van der Waals surface area contributed by atoms with Gasteiger partial charge < -0.3 is 16.0 Å². The molecule has 3 N–H and O–H groups in total. The zero-order valence-corrected chi connectivity index (χ0v) is 11.9. The molecule has 2 aliphatic rings. The van der Waals surface area contributed by atoms with Gasteiger partial charge in [0.05, 0.1) is 0 Å². The molecule has 0 fully saturated rings. The van der Waals surface area contributed by atoms with Gasteiger partial charge in [0, 0.05) is 30.8 Å². The van der Waals surface area contributed by atoms with Crippen molar-refractivity contribution in [2.45, 2.75) is 19.3 Å². The van der Waals surface area contributed by atoms with E-state index in [0.29, 0.717) is 24.9 Å². The average Bonchev–Trinajstić information content (AvgIpc) is 2.53. The van der Waals surface area contributed by atoms with Crippen LogP contribution in [-0.2, 0) is 11.2 Å². The normalized spacial score (nSPS) is 17.5. The third-order valence-electron chi connectivity index (χ3n) is 3.90. The molecule has 0 spiro atoms. The molecule has 2 aliphatic heterocycles. The quantitative estimate of drug-likeness (QED) is 0.731. The lowest BCUT2D eigenvalue weighted by Gasteiger charge is -2.18. The van der Waals surface area contributed by atoms with Gasteiger partial charge in [-0.15, -0.1) is 0 Å². The van der Waals surface area contributed by atoms with E-state index in [1.165, 1.54) is 5.57 Å². The molecule has 0 atom stereocenters. The standard InChI is InChI=1S/C16H19N3O2/c20-15-4-2-12-9-13(1-3-14(12)19-15)16(21)18-10-11-5-7-17-8-6-11/h1,3,5,9,17H,2,4,6-8,10H2,(H,18,21)(H,19,20). The molecule has 2 amide bonds. The lowest BCUT2D eigenvalue weighted by molar-refractivity contribution is -0.116. The molecule has 5 heteroatoms. The van der Waals surface area contributed by atoms with Gasteiger partial charge in [-0.05, 0) is 43.1 Å². The molecule has 0 bridgehead atoms. The molecule has 0 unspecified atom stereocenters. The summed E-state index contributed by atoms with van der Waals surface area (Å²) in [5, 5.41) is 9.03. The van der Waals surface area contributed by atoms with Gasteiger partial charge in [0.2, 0.25) is 5.91 Å². The second-order valence-corrected chi connectivity index (χ2v) is 5.42. The van der Waals surface area contributed by atoms with E-state index in [2.05, 4.69) is 22.0 Å². The largest absolute Gasteiger partial charge is 0.348 e. The number of amides is 2. The first-order valence-corrected chi connectivity index (χ1v) is 7.32. The maximum Gasteiger partial charge on any atom is 0.251 e. The minimum atomic E-state index is -0.0610. The first kappa shape index (κ1) is 13.8. The Morgan fingerprint density at radius 3 is 2.95 bits per heavy atom. The summed E-state index contributed by atoms with van der Waals surface area (Å²) in [5.74, 6) is -0.0216. The van der Waals surface area contributed by atoms with Gasteiger partial charge in [-0.2, -0.15) is 0 Å². The van der Waals surface area contributed by atoms with Crippen LogP contribution >= 0.6 is 0 Å². The summed E-state index contributed by atoms with van der Waals surface area (Å²) in [7, 11) is 0. The molecule has 2 heterocycles. The second-order valence-electron chi connectivity index (χ2n) is 5.42. The fourth-order valence-electron chi connectivity index (χ4n) is 2.65. The molecule has 3 rings (SSSR count). The number of hydrogen-bond acceptors (Lipinski definition) is 3. The Labute approximate surface area is 123 Å². The van der Waals surface area contributed by atoms with Crippen molar-refractivity contribution < 1.29 is 9.59 Å². The van der Waals surface area contributed by atoms with E-state index < -0.39 is 0 Å². The Hall–Kier alpha value is -2.14. The minimum Gasteiger partial charge on any atom is -0.348 e. The van der Waals surface area contributed by atoms with E-state index in [0.717, 1.165) is 30.8 Å². The third-order valence-corrected chi connectivity index (χ3v) is 3.90. The molecule has 21 heavy (non-hydrogen) atoms. The number of nitrogens with one attached hydrogen (secondary N) is 3. The number of carbonyl (C=O) groups excluding carboxylic acids is 2. The highest BCUT2D eigenvalue weighted by Crippen LogP contribution is 2.23. The van der Waals surface area contributed by atoms with Crippen LogP contribution < -0.4 is 16.0 Å². The molecule has 0 aromatic heterocycles. The Morgan fingerprint density at radius 1 is 1.24 bits per heavy atom. The van der Waals surface area contributed by atoms with Crippen molar-refractivity contribution in [3.63, 3.8) is 0 Å². The molecular weight excluding hydrogens is 266 g/mol. The monoisotopic (exact) mass is 285 g/mol. The predicted molar refractivity (Wildman–Crippen MR) is 81.3 cm³/mol. The summed E-state index contributed by atoms with van der Waals surface area (Å²) in [6.07, 6.45) is 4.29. The average molecular weight is 285 g/mol. The summed E-state index contributed by atoms with van der Waals surface area (Å²) in [6, 6.07) is 5.45. The summed E-state index contributed by atoms with van der Waals surface area (Å²) >= 11 is 0. The lowest BCUT2D eigenvalue weighted by atomic mass is 10.00. The van der Waals surface area contributed by atoms with E-state index in [-0.39, 0.29) is 11.8 Å². The van der Waals surface area contributed by atoms with Gasteiger partial charge in [0.1, 0.15) is 0 Å². The molecule has 110 valence electrons. The van der Waals surface area contributed by atoms with Crippen molar-refractivity contribution in [3.05, 3.63) is 41.0 Å². The Bertz CT molecular complexity index is 608. The van der Waals surface area contributed by atoms with Crippen LogP contribution in [0.4, 0.5) is 5.69 Å². The third kappa shape index (κ3) is 3.31. The smallest absolute Gasteiger partial charge is 0.251 e. The van der Waals surface area contributed by atoms with Crippen LogP contribution in [0.5, 0.6) is 0 Å². The second kappa shape index (κ2) is 6.10. The van der Waals surface area contributed by atoms with Gasteiger partial charge >= 0.3 is 0 Å². The van der Waals surface area contributed by atoms with Crippen molar-refractivity contribution in [3.8, 4) is 0 Å². The molecule has 5 nitrogen and oxygen atoms in total. The maximum absolute atomic E-state index is 12.2. The first-order valence-electron chi connectivity index (χ1n) is 7.32. The van der Waals surface area contributed by atoms with Crippen LogP contribution in [0.2, 0.25) is 0 Å². The fourth-order valence-corrected chi connectivity index (χ4v) is 2.65. The number of hydrogen-bond donors (Lipinski definition) is 3. The lowest BCUT2D eigenvalue weighted by Crippen LogP contribution is -2.29. The molecule has 0 radical (unpaired) electrons. The van der Waals surface area contributed by atoms with E-state index in [1.807, 2.05) is 12.1 Å². The predicted octanol–water partition coefficient (Wildman–Crippen LogP) is 1.22. The fraction of sp³-hybridized carbons (Fsp3) is 0.375. The van der Waals surface area contributed by atoms with Gasteiger partial charge in [-0.1, -0.05) is 11.6 Å². The number of carbonyl (C=O) groups is 2. The summed E-state index contributed by atoms with van der Waals surface area (Å²) in [5.41, 5.74) is 3.78. The molecule has 1 aromatic carbocycles. The summed E-state index contributed by atoms with van der Waals surface area (Å²) < 4.78 is 0. The molecule has 0 saturated heterocycles. The van der Waals surface area contributed by atoms with Crippen LogP contribution in [0.25, 0.3) is 0 Å². The number of rotatable bonds is 3. The number of aryl methyl sites for hydroxylation is 1. The molecular formula is C16H19N3O2. The van der Waals surface area contributed by atoms with Crippen LogP contribution in [0.3, 0.4) is 0 Å².